The van der Waals surface area contributed by atoms with Crippen LogP contribution in [0.5, 0.6) is 0 Å². The van der Waals surface area contributed by atoms with Gasteiger partial charge in [0, 0.05) is 12.1 Å². The topological polar surface area (TPSA) is 87.7 Å². The van der Waals surface area contributed by atoms with E-state index in [2.05, 4.69) is 10.6 Å². The number of amides is 2. The van der Waals surface area contributed by atoms with Crippen molar-refractivity contribution in [1.29, 1.82) is 0 Å². The minimum atomic E-state index is -0.936. The van der Waals surface area contributed by atoms with Gasteiger partial charge in [-0.1, -0.05) is 6.92 Å². The fourth-order valence-electron chi connectivity index (χ4n) is 1.68. The van der Waals surface area contributed by atoms with E-state index in [1.54, 1.807) is 0 Å². The highest BCUT2D eigenvalue weighted by Crippen LogP contribution is 2.19. The average Bonchev–Trinajstić information content (AvgIpc) is 2.74. The lowest BCUT2D eigenvalue weighted by atomic mass is 10.0. The fourth-order valence-corrected chi connectivity index (χ4v) is 1.68. The van der Waals surface area contributed by atoms with Gasteiger partial charge in [0.2, 0.25) is 0 Å². The number of urea groups is 1. The van der Waals surface area contributed by atoms with Crippen molar-refractivity contribution in [2.45, 2.75) is 57.8 Å². The van der Waals surface area contributed by atoms with E-state index in [1.807, 2.05) is 20.8 Å². The summed E-state index contributed by atoms with van der Waals surface area (Å²) in [6, 6.07) is -0.246. The van der Waals surface area contributed by atoms with Gasteiger partial charge in [-0.15, -0.1) is 0 Å². The van der Waals surface area contributed by atoms with Crippen LogP contribution in [0.4, 0.5) is 4.79 Å². The molecule has 1 heterocycles. The third-order valence-electron chi connectivity index (χ3n) is 3.21. The second-order valence-electron chi connectivity index (χ2n) is 5.23. The first-order chi connectivity index (χ1) is 8.34. The zero-order chi connectivity index (χ0) is 13.8. The molecule has 1 saturated heterocycles. The van der Waals surface area contributed by atoms with Crippen LogP contribution < -0.4 is 10.6 Å². The smallest absolute Gasteiger partial charge is 0.332 e. The summed E-state index contributed by atoms with van der Waals surface area (Å²) < 4.78 is 5.29. The van der Waals surface area contributed by atoms with Crippen LogP contribution in [0.25, 0.3) is 0 Å². The molecule has 0 saturated carbocycles. The SMILES string of the molecule is CCC(C)(C)NC(=O)NCC1CCC(C(=O)O)O1. The standard InChI is InChI=1S/C12H22N2O4/c1-4-12(2,3)14-11(17)13-7-8-5-6-9(18-8)10(15)16/h8-9H,4-7H2,1-3H3,(H,15,16)(H2,13,14,17). The molecule has 1 aliphatic rings. The zero-order valence-electron chi connectivity index (χ0n) is 11.2. The van der Waals surface area contributed by atoms with Crippen molar-refractivity contribution in [2.24, 2.45) is 0 Å². The molecule has 0 aromatic heterocycles. The number of rotatable bonds is 5. The lowest BCUT2D eigenvalue weighted by Gasteiger charge is -2.25. The van der Waals surface area contributed by atoms with Gasteiger partial charge >= 0.3 is 12.0 Å². The molecule has 0 spiro atoms. The van der Waals surface area contributed by atoms with Gasteiger partial charge in [-0.3, -0.25) is 0 Å². The van der Waals surface area contributed by atoms with Crippen LogP contribution in [0.15, 0.2) is 0 Å². The highest BCUT2D eigenvalue weighted by molar-refractivity contribution is 5.75. The van der Waals surface area contributed by atoms with Crippen LogP contribution in [-0.4, -0.2) is 41.4 Å². The summed E-state index contributed by atoms with van der Waals surface area (Å²) in [6.07, 6.45) is 1.06. The fraction of sp³-hybridized carbons (Fsp3) is 0.833. The largest absolute Gasteiger partial charge is 0.479 e. The van der Waals surface area contributed by atoms with Crippen molar-refractivity contribution >= 4 is 12.0 Å². The number of carbonyl (C=O) groups excluding carboxylic acids is 1. The molecular formula is C12H22N2O4. The van der Waals surface area contributed by atoms with Crippen LogP contribution in [0, 0.1) is 0 Å². The molecule has 18 heavy (non-hydrogen) atoms. The molecule has 1 rings (SSSR count). The van der Waals surface area contributed by atoms with E-state index in [1.165, 1.54) is 0 Å². The van der Waals surface area contributed by atoms with E-state index >= 15 is 0 Å². The predicted octanol–water partition coefficient (Wildman–Crippen LogP) is 1.11. The number of aliphatic carboxylic acids is 1. The molecule has 1 fully saturated rings. The van der Waals surface area contributed by atoms with Gasteiger partial charge in [-0.05, 0) is 33.1 Å². The maximum atomic E-state index is 11.6. The molecule has 0 aliphatic carbocycles. The second-order valence-corrected chi connectivity index (χ2v) is 5.23. The van der Waals surface area contributed by atoms with Crippen molar-refractivity contribution in [1.82, 2.24) is 10.6 Å². The van der Waals surface area contributed by atoms with Crippen LogP contribution in [-0.2, 0) is 9.53 Å². The van der Waals surface area contributed by atoms with Gasteiger partial charge < -0.3 is 20.5 Å². The van der Waals surface area contributed by atoms with Crippen molar-refractivity contribution in [3.8, 4) is 0 Å². The van der Waals surface area contributed by atoms with Gasteiger partial charge in [-0.2, -0.15) is 0 Å². The number of ether oxygens (including phenoxy) is 1. The maximum Gasteiger partial charge on any atom is 0.332 e. The molecule has 2 atom stereocenters. The Morgan fingerprint density at radius 2 is 2.06 bits per heavy atom. The van der Waals surface area contributed by atoms with E-state index < -0.39 is 12.1 Å². The molecule has 0 radical (unpaired) electrons. The first-order valence-electron chi connectivity index (χ1n) is 6.28. The molecule has 104 valence electrons. The summed E-state index contributed by atoms with van der Waals surface area (Å²) in [4.78, 5) is 22.3. The number of carboxylic acids is 1. The number of nitrogens with one attached hydrogen (secondary N) is 2. The molecular weight excluding hydrogens is 236 g/mol. The van der Waals surface area contributed by atoms with Gasteiger partial charge in [0.1, 0.15) is 0 Å². The molecule has 2 amide bonds. The van der Waals surface area contributed by atoms with Gasteiger partial charge in [0.25, 0.3) is 0 Å². The summed E-state index contributed by atoms with van der Waals surface area (Å²) in [6.45, 7) is 6.23. The molecule has 6 nitrogen and oxygen atoms in total. The van der Waals surface area contributed by atoms with Crippen LogP contribution >= 0.6 is 0 Å². The monoisotopic (exact) mass is 258 g/mol. The van der Waals surface area contributed by atoms with Crippen LogP contribution in [0.1, 0.15) is 40.0 Å². The molecule has 0 aromatic carbocycles. The van der Waals surface area contributed by atoms with Crippen LogP contribution in [0.2, 0.25) is 0 Å². The molecule has 0 aromatic rings. The summed E-state index contributed by atoms with van der Waals surface area (Å²) in [7, 11) is 0. The van der Waals surface area contributed by atoms with Gasteiger partial charge in [0.15, 0.2) is 6.10 Å². The second kappa shape index (κ2) is 6.04. The Morgan fingerprint density at radius 1 is 1.39 bits per heavy atom. The van der Waals surface area contributed by atoms with E-state index in [9.17, 15) is 9.59 Å². The minimum Gasteiger partial charge on any atom is -0.479 e. The first-order valence-corrected chi connectivity index (χ1v) is 6.28. The van der Waals surface area contributed by atoms with Gasteiger partial charge in [0.05, 0.1) is 6.10 Å². The van der Waals surface area contributed by atoms with Crippen molar-refractivity contribution in [2.75, 3.05) is 6.54 Å². The Kier molecular flexibility index (Phi) is 4.95. The van der Waals surface area contributed by atoms with Crippen molar-refractivity contribution < 1.29 is 19.4 Å². The number of carboxylic acid groups (broad SMARTS) is 1. The Labute approximate surface area is 107 Å². The summed E-state index contributed by atoms with van der Waals surface area (Å²) in [5.41, 5.74) is -0.246. The zero-order valence-corrected chi connectivity index (χ0v) is 11.2. The highest BCUT2D eigenvalue weighted by atomic mass is 16.5. The van der Waals surface area contributed by atoms with Gasteiger partial charge in [-0.25, -0.2) is 9.59 Å². The summed E-state index contributed by atoms with van der Waals surface area (Å²) >= 11 is 0. The third kappa shape index (κ3) is 4.52. The first kappa shape index (κ1) is 14.8. The van der Waals surface area contributed by atoms with E-state index in [0.29, 0.717) is 19.4 Å². The summed E-state index contributed by atoms with van der Waals surface area (Å²) in [5, 5.41) is 14.3. The Hall–Kier alpha value is -1.30. The normalized spacial score (nSPS) is 23.7. The Bertz CT molecular complexity index is 317. The Balaban J connectivity index is 2.26. The maximum absolute atomic E-state index is 11.6. The third-order valence-corrected chi connectivity index (χ3v) is 3.21. The minimum absolute atomic E-state index is 0.207. The summed E-state index contributed by atoms with van der Waals surface area (Å²) in [5.74, 6) is -0.936. The number of hydrogen-bond donors (Lipinski definition) is 3. The van der Waals surface area contributed by atoms with E-state index in [4.69, 9.17) is 9.84 Å². The quantitative estimate of drug-likeness (QED) is 0.689. The number of carbonyl (C=O) groups is 2. The molecule has 0 bridgehead atoms. The van der Waals surface area contributed by atoms with Crippen LogP contribution in [0.3, 0.4) is 0 Å². The molecule has 1 aliphatic heterocycles. The van der Waals surface area contributed by atoms with Crippen molar-refractivity contribution in [3.63, 3.8) is 0 Å². The molecule has 6 heteroatoms. The lowest BCUT2D eigenvalue weighted by Crippen LogP contribution is -2.49. The molecule has 3 N–H and O–H groups in total. The highest BCUT2D eigenvalue weighted by Gasteiger charge is 2.30. The predicted molar refractivity (Wildman–Crippen MR) is 66.4 cm³/mol. The average molecular weight is 258 g/mol. The van der Waals surface area contributed by atoms with E-state index in [-0.39, 0.29) is 17.7 Å². The number of hydrogen-bond acceptors (Lipinski definition) is 3. The lowest BCUT2D eigenvalue weighted by molar-refractivity contribution is -0.149. The van der Waals surface area contributed by atoms with Crippen molar-refractivity contribution in [3.05, 3.63) is 0 Å². The van der Waals surface area contributed by atoms with E-state index in [0.717, 1.165) is 6.42 Å². The molecule has 2 unspecified atom stereocenters. The Morgan fingerprint density at radius 3 is 2.56 bits per heavy atom.